The standard InChI is InChI=1S/C9H14O2/c1-3-7-5-6-9(11-7)8(10)4-2/h5-6,8,10H,3-4H2,1-2H3. The fourth-order valence-electron chi connectivity index (χ4n) is 0.965. The van der Waals surface area contributed by atoms with Gasteiger partial charge in [-0.15, -0.1) is 0 Å². The summed E-state index contributed by atoms with van der Waals surface area (Å²) in [7, 11) is 0. The molecular formula is C9H14O2. The van der Waals surface area contributed by atoms with Crippen LogP contribution in [0.4, 0.5) is 0 Å². The molecule has 2 heteroatoms. The summed E-state index contributed by atoms with van der Waals surface area (Å²) in [6, 6.07) is 3.75. The quantitative estimate of drug-likeness (QED) is 0.724. The van der Waals surface area contributed by atoms with Crippen molar-refractivity contribution >= 4 is 0 Å². The molecular weight excluding hydrogens is 140 g/mol. The van der Waals surface area contributed by atoms with Crippen LogP contribution in [0.15, 0.2) is 16.5 Å². The molecule has 0 amide bonds. The Morgan fingerprint density at radius 3 is 2.64 bits per heavy atom. The first kappa shape index (κ1) is 8.34. The largest absolute Gasteiger partial charge is 0.463 e. The first-order chi connectivity index (χ1) is 5.27. The lowest BCUT2D eigenvalue weighted by Gasteiger charge is -2.01. The molecule has 0 bridgehead atoms. The molecule has 0 saturated carbocycles. The zero-order valence-corrected chi connectivity index (χ0v) is 7.00. The van der Waals surface area contributed by atoms with Crippen molar-refractivity contribution in [3.63, 3.8) is 0 Å². The molecule has 1 rings (SSSR count). The summed E-state index contributed by atoms with van der Waals surface area (Å²) < 4.78 is 5.34. The average Bonchev–Trinajstić information content (AvgIpc) is 2.50. The monoisotopic (exact) mass is 154 g/mol. The Morgan fingerprint density at radius 2 is 2.18 bits per heavy atom. The molecule has 0 spiro atoms. The highest BCUT2D eigenvalue weighted by Crippen LogP contribution is 2.18. The molecule has 0 aromatic carbocycles. The Balaban J connectivity index is 2.71. The number of aryl methyl sites for hydroxylation is 1. The maximum absolute atomic E-state index is 9.34. The van der Waals surface area contributed by atoms with Crippen LogP contribution < -0.4 is 0 Å². The third-order valence-electron chi connectivity index (χ3n) is 1.75. The predicted molar refractivity (Wildman–Crippen MR) is 43.3 cm³/mol. The van der Waals surface area contributed by atoms with Gasteiger partial charge in [0, 0.05) is 6.42 Å². The van der Waals surface area contributed by atoms with Gasteiger partial charge in [-0.25, -0.2) is 0 Å². The topological polar surface area (TPSA) is 33.4 Å². The lowest BCUT2D eigenvalue weighted by molar-refractivity contribution is 0.144. The van der Waals surface area contributed by atoms with E-state index in [0.29, 0.717) is 12.2 Å². The Labute approximate surface area is 66.8 Å². The fraction of sp³-hybridized carbons (Fsp3) is 0.556. The molecule has 62 valence electrons. The van der Waals surface area contributed by atoms with Crippen LogP contribution in [0.3, 0.4) is 0 Å². The molecule has 0 aliphatic rings. The summed E-state index contributed by atoms with van der Waals surface area (Å²) in [5, 5.41) is 9.34. The third kappa shape index (κ3) is 1.84. The number of aliphatic hydroxyl groups excluding tert-OH is 1. The van der Waals surface area contributed by atoms with E-state index in [1.807, 2.05) is 26.0 Å². The van der Waals surface area contributed by atoms with Crippen LogP contribution in [-0.2, 0) is 6.42 Å². The second kappa shape index (κ2) is 3.58. The molecule has 1 N–H and O–H groups in total. The van der Waals surface area contributed by atoms with E-state index < -0.39 is 6.10 Å². The summed E-state index contributed by atoms with van der Waals surface area (Å²) in [6.07, 6.45) is 1.16. The van der Waals surface area contributed by atoms with E-state index in [4.69, 9.17) is 4.42 Å². The van der Waals surface area contributed by atoms with E-state index >= 15 is 0 Å². The predicted octanol–water partition coefficient (Wildman–Crippen LogP) is 2.29. The summed E-state index contributed by atoms with van der Waals surface area (Å²) in [4.78, 5) is 0. The van der Waals surface area contributed by atoms with Gasteiger partial charge in [0.15, 0.2) is 0 Å². The van der Waals surface area contributed by atoms with Gasteiger partial charge >= 0.3 is 0 Å². The van der Waals surface area contributed by atoms with E-state index in [2.05, 4.69) is 0 Å². The SMILES string of the molecule is CCc1ccc(C(O)CC)o1. The molecule has 1 atom stereocenters. The van der Waals surface area contributed by atoms with E-state index in [1.165, 1.54) is 0 Å². The molecule has 0 aliphatic carbocycles. The van der Waals surface area contributed by atoms with Crippen molar-refractivity contribution in [2.45, 2.75) is 32.8 Å². The zero-order valence-electron chi connectivity index (χ0n) is 7.00. The molecule has 0 fully saturated rings. The number of hydrogen-bond acceptors (Lipinski definition) is 2. The van der Waals surface area contributed by atoms with Crippen molar-refractivity contribution in [1.82, 2.24) is 0 Å². The minimum atomic E-state index is -0.435. The van der Waals surface area contributed by atoms with Crippen LogP contribution in [0.1, 0.15) is 37.9 Å². The van der Waals surface area contributed by atoms with Gasteiger partial charge in [0.05, 0.1) is 0 Å². The van der Waals surface area contributed by atoms with Gasteiger partial charge in [-0.1, -0.05) is 13.8 Å². The minimum Gasteiger partial charge on any atom is -0.463 e. The van der Waals surface area contributed by atoms with Gasteiger partial charge < -0.3 is 9.52 Å². The van der Waals surface area contributed by atoms with Crippen molar-refractivity contribution < 1.29 is 9.52 Å². The molecule has 1 unspecified atom stereocenters. The molecule has 0 aliphatic heterocycles. The number of furan rings is 1. The molecule has 0 radical (unpaired) electrons. The lowest BCUT2D eigenvalue weighted by atomic mass is 10.2. The van der Waals surface area contributed by atoms with Gasteiger partial charge in [0.1, 0.15) is 17.6 Å². The van der Waals surface area contributed by atoms with E-state index in [9.17, 15) is 5.11 Å². The highest BCUT2D eigenvalue weighted by Gasteiger charge is 2.08. The summed E-state index contributed by atoms with van der Waals surface area (Å²) in [5.74, 6) is 1.62. The normalized spacial score (nSPS) is 13.4. The first-order valence-corrected chi connectivity index (χ1v) is 4.04. The van der Waals surface area contributed by atoms with Gasteiger partial charge in [-0.2, -0.15) is 0 Å². The second-order valence-corrected chi connectivity index (χ2v) is 2.58. The maximum Gasteiger partial charge on any atom is 0.132 e. The van der Waals surface area contributed by atoms with Gasteiger partial charge in [-0.3, -0.25) is 0 Å². The van der Waals surface area contributed by atoms with Crippen molar-refractivity contribution in [1.29, 1.82) is 0 Å². The zero-order chi connectivity index (χ0) is 8.27. The number of hydrogen-bond donors (Lipinski definition) is 1. The van der Waals surface area contributed by atoms with E-state index in [-0.39, 0.29) is 0 Å². The van der Waals surface area contributed by atoms with Gasteiger partial charge in [-0.05, 0) is 18.6 Å². The maximum atomic E-state index is 9.34. The molecule has 2 nitrogen and oxygen atoms in total. The van der Waals surface area contributed by atoms with Crippen LogP contribution in [0.5, 0.6) is 0 Å². The third-order valence-corrected chi connectivity index (χ3v) is 1.75. The Hall–Kier alpha value is -0.760. The number of rotatable bonds is 3. The van der Waals surface area contributed by atoms with Gasteiger partial charge in [0.25, 0.3) is 0 Å². The smallest absolute Gasteiger partial charge is 0.132 e. The highest BCUT2D eigenvalue weighted by molar-refractivity contribution is 5.08. The molecule has 1 aromatic rings. The van der Waals surface area contributed by atoms with Crippen molar-refractivity contribution in [3.8, 4) is 0 Å². The second-order valence-electron chi connectivity index (χ2n) is 2.58. The van der Waals surface area contributed by atoms with Crippen LogP contribution in [0, 0.1) is 0 Å². The Morgan fingerprint density at radius 1 is 1.45 bits per heavy atom. The van der Waals surface area contributed by atoms with E-state index in [0.717, 1.165) is 12.2 Å². The van der Waals surface area contributed by atoms with Crippen LogP contribution in [0.2, 0.25) is 0 Å². The first-order valence-electron chi connectivity index (χ1n) is 4.04. The van der Waals surface area contributed by atoms with Crippen LogP contribution in [0.25, 0.3) is 0 Å². The molecule has 1 heterocycles. The van der Waals surface area contributed by atoms with Crippen LogP contribution in [-0.4, -0.2) is 5.11 Å². The Bertz CT molecular complexity index is 215. The van der Waals surface area contributed by atoms with Crippen molar-refractivity contribution in [2.24, 2.45) is 0 Å². The van der Waals surface area contributed by atoms with Crippen LogP contribution >= 0.6 is 0 Å². The van der Waals surface area contributed by atoms with Gasteiger partial charge in [0.2, 0.25) is 0 Å². The summed E-state index contributed by atoms with van der Waals surface area (Å²) >= 11 is 0. The molecule has 0 saturated heterocycles. The highest BCUT2D eigenvalue weighted by atomic mass is 16.4. The molecule has 1 aromatic heterocycles. The average molecular weight is 154 g/mol. The Kier molecular flexibility index (Phi) is 2.71. The van der Waals surface area contributed by atoms with Crippen molar-refractivity contribution in [2.75, 3.05) is 0 Å². The van der Waals surface area contributed by atoms with E-state index in [1.54, 1.807) is 0 Å². The lowest BCUT2D eigenvalue weighted by Crippen LogP contribution is -1.91. The fourth-order valence-corrected chi connectivity index (χ4v) is 0.965. The van der Waals surface area contributed by atoms with Crippen molar-refractivity contribution in [3.05, 3.63) is 23.7 Å². The summed E-state index contributed by atoms with van der Waals surface area (Å²) in [5.41, 5.74) is 0. The summed E-state index contributed by atoms with van der Waals surface area (Å²) in [6.45, 7) is 3.96. The minimum absolute atomic E-state index is 0.435. The number of aliphatic hydroxyl groups is 1. The molecule has 11 heavy (non-hydrogen) atoms.